The van der Waals surface area contributed by atoms with Crippen molar-refractivity contribution in [3.63, 3.8) is 0 Å². The van der Waals surface area contributed by atoms with Gasteiger partial charge >= 0.3 is 0 Å². The number of anilines is 1. The van der Waals surface area contributed by atoms with Crippen molar-refractivity contribution in [3.05, 3.63) is 27.8 Å². The Bertz CT molecular complexity index is 440. The first-order valence-corrected chi connectivity index (χ1v) is 9.49. The highest BCUT2D eigenvalue weighted by Crippen LogP contribution is 2.29. The topological polar surface area (TPSA) is 26.0 Å². The molecule has 0 amide bonds. The van der Waals surface area contributed by atoms with Crippen molar-refractivity contribution >= 4 is 17.3 Å². The summed E-state index contributed by atoms with van der Waals surface area (Å²) in [6.45, 7) is 6.50. The lowest BCUT2D eigenvalue weighted by Gasteiger charge is -2.13. The van der Waals surface area contributed by atoms with Gasteiger partial charge in [0.2, 0.25) is 0 Å². The molecule has 0 unspecified atom stereocenters. The fourth-order valence-electron chi connectivity index (χ4n) is 3.05. The summed E-state index contributed by atoms with van der Waals surface area (Å²) in [5.41, 5.74) is 10.5. The molecule has 1 nitrogen and oxygen atoms in total. The van der Waals surface area contributed by atoms with E-state index in [1.165, 1.54) is 80.9 Å². The molecule has 0 radical (unpaired) electrons. The second-order valence-corrected chi connectivity index (χ2v) is 7.02. The average Bonchev–Trinajstić information content (AvgIpc) is 2.50. The summed E-state index contributed by atoms with van der Waals surface area (Å²) in [5.74, 6) is 0. The molecule has 0 aliphatic rings. The smallest absolute Gasteiger partial charge is 0.0461 e. The van der Waals surface area contributed by atoms with Crippen molar-refractivity contribution in [2.24, 2.45) is 0 Å². The van der Waals surface area contributed by atoms with Crippen LogP contribution in [0.15, 0.2) is 6.07 Å². The lowest BCUT2D eigenvalue weighted by Crippen LogP contribution is -1.99. The van der Waals surface area contributed by atoms with Gasteiger partial charge in [-0.1, -0.05) is 76.3 Å². The maximum absolute atomic E-state index is 6.35. The van der Waals surface area contributed by atoms with Gasteiger partial charge < -0.3 is 5.73 Å². The number of nitrogens with two attached hydrogens (primary N) is 1. The molecule has 1 aromatic carbocycles. The molecule has 0 saturated heterocycles. The second-order valence-electron chi connectivity index (χ2n) is 6.61. The number of halogens is 1. The van der Waals surface area contributed by atoms with Crippen LogP contribution in [0, 0.1) is 13.8 Å². The van der Waals surface area contributed by atoms with Crippen LogP contribution in [0.4, 0.5) is 5.69 Å². The highest BCUT2D eigenvalue weighted by Gasteiger charge is 2.09. The highest BCUT2D eigenvalue weighted by molar-refractivity contribution is 6.31. The van der Waals surface area contributed by atoms with Crippen molar-refractivity contribution in [2.75, 3.05) is 5.73 Å². The average molecular weight is 324 g/mol. The van der Waals surface area contributed by atoms with Gasteiger partial charge in [0.25, 0.3) is 0 Å². The Morgan fingerprint density at radius 2 is 1.32 bits per heavy atom. The number of unbranched alkanes of at least 4 members (excludes halogenated alkanes) is 9. The molecule has 0 aliphatic heterocycles. The Labute approximate surface area is 142 Å². The van der Waals surface area contributed by atoms with E-state index in [2.05, 4.69) is 20.8 Å². The summed E-state index contributed by atoms with van der Waals surface area (Å²) in [6, 6.07) is 1.91. The van der Waals surface area contributed by atoms with Crippen molar-refractivity contribution < 1.29 is 0 Å². The summed E-state index contributed by atoms with van der Waals surface area (Å²) >= 11 is 6.35. The Morgan fingerprint density at radius 1 is 0.818 bits per heavy atom. The van der Waals surface area contributed by atoms with E-state index in [0.717, 1.165) is 17.1 Å². The molecule has 0 fully saturated rings. The zero-order chi connectivity index (χ0) is 16.4. The van der Waals surface area contributed by atoms with Gasteiger partial charge in [0.1, 0.15) is 0 Å². The number of nitrogen functional groups attached to an aromatic ring is 1. The zero-order valence-corrected chi connectivity index (χ0v) is 15.6. The molecule has 1 rings (SSSR count). The van der Waals surface area contributed by atoms with Crippen LogP contribution in [0.2, 0.25) is 5.02 Å². The fraction of sp³-hybridized carbons (Fsp3) is 0.700. The monoisotopic (exact) mass is 323 g/mol. The van der Waals surface area contributed by atoms with E-state index < -0.39 is 0 Å². The van der Waals surface area contributed by atoms with Crippen LogP contribution in [0.5, 0.6) is 0 Å². The normalized spacial score (nSPS) is 11.1. The minimum absolute atomic E-state index is 0.814. The highest BCUT2D eigenvalue weighted by atomic mass is 35.5. The van der Waals surface area contributed by atoms with Crippen LogP contribution in [-0.4, -0.2) is 0 Å². The van der Waals surface area contributed by atoms with Crippen molar-refractivity contribution in [3.8, 4) is 0 Å². The Balaban J connectivity index is 2.17. The summed E-state index contributed by atoms with van der Waals surface area (Å²) in [6.07, 6.45) is 14.8. The van der Waals surface area contributed by atoms with Crippen molar-refractivity contribution in [1.82, 2.24) is 0 Å². The lowest BCUT2D eigenvalue weighted by molar-refractivity contribution is 0.556. The molecule has 0 atom stereocenters. The van der Waals surface area contributed by atoms with Gasteiger partial charge in [-0.25, -0.2) is 0 Å². The second kappa shape index (κ2) is 10.9. The first-order chi connectivity index (χ1) is 10.6. The standard InChI is InChI=1S/C20H34ClN/c1-4-5-6-7-8-9-10-11-12-13-14-18-16(2)17(3)20(22)15-19(18)21/h15H,4-14,22H2,1-3H3. The summed E-state index contributed by atoms with van der Waals surface area (Å²) in [7, 11) is 0. The van der Waals surface area contributed by atoms with Gasteiger partial charge in [0.15, 0.2) is 0 Å². The Hall–Kier alpha value is -0.690. The van der Waals surface area contributed by atoms with Gasteiger partial charge in [-0.05, 0) is 49.4 Å². The van der Waals surface area contributed by atoms with Crippen LogP contribution < -0.4 is 5.73 Å². The molecule has 0 aromatic heterocycles. The number of benzene rings is 1. The van der Waals surface area contributed by atoms with Gasteiger partial charge in [0.05, 0.1) is 0 Å². The van der Waals surface area contributed by atoms with E-state index in [1.807, 2.05) is 6.07 Å². The fourth-order valence-corrected chi connectivity index (χ4v) is 3.40. The van der Waals surface area contributed by atoms with Crippen LogP contribution in [0.1, 0.15) is 87.8 Å². The van der Waals surface area contributed by atoms with Crippen LogP contribution in [0.25, 0.3) is 0 Å². The third kappa shape index (κ3) is 6.60. The predicted octanol–water partition coefficient (Wildman–Crippen LogP) is 7.00. The van der Waals surface area contributed by atoms with E-state index in [-0.39, 0.29) is 0 Å². The molecule has 126 valence electrons. The third-order valence-electron chi connectivity index (χ3n) is 4.80. The minimum atomic E-state index is 0.814. The Kier molecular flexibility index (Phi) is 9.63. The quantitative estimate of drug-likeness (QED) is 0.344. The lowest BCUT2D eigenvalue weighted by atomic mass is 9.96. The molecule has 0 spiro atoms. The number of rotatable bonds is 11. The molecular formula is C20H34ClN. The molecule has 0 bridgehead atoms. The van der Waals surface area contributed by atoms with Gasteiger partial charge in [-0.15, -0.1) is 0 Å². The number of hydrogen-bond donors (Lipinski definition) is 1. The molecular weight excluding hydrogens is 290 g/mol. The van der Waals surface area contributed by atoms with E-state index in [0.29, 0.717) is 0 Å². The first kappa shape index (κ1) is 19.4. The van der Waals surface area contributed by atoms with Crippen molar-refractivity contribution in [2.45, 2.75) is 91.4 Å². The predicted molar refractivity (Wildman–Crippen MR) is 101 cm³/mol. The maximum Gasteiger partial charge on any atom is 0.0461 e. The molecule has 2 N–H and O–H groups in total. The van der Waals surface area contributed by atoms with E-state index >= 15 is 0 Å². The van der Waals surface area contributed by atoms with Gasteiger partial charge in [-0.3, -0.25) is 0 Å². The van der Waals surface area contributed by atoms with E-state index in [1.54, 1.807) is 0 Å². The Morgan fingerprint density at radius 3 is 1.86 bits per heavy atom. The molecule has 22 heavy (non-hydrogen) atoms. The largest absolute Gasteiger partial charge is 0.398 e. The molecule has 1 aromatic rings. The zero-order valence-electron chi connectivity index (χ0n) is 14.8. The third-order valence-corrected chi connectivity index (χ3v) is 5.14. The summed E-state index contributed by atoms with van der Waals surface area (Å²) < 4.78 is 0. The van der Waals surface area contributed by atoms with Crippen LogP contribution in [0.3, 0.4) is 0 Å². The first-order valence-electron chi connectivity index (χ1n) is 9.12. The molecule has 2 heteroatoms. The van der Waals surface area contributed by atoms with Crippen LogP contribution >= 0.6 is 11.6 Å². The molecule has 0 aliphatic carbocycles. The molecule has 0 saturated carbocycles. The van der Waals surface area contributed by atoms with E-state index in [4.69, 9.17) is 17.3 Å². The summed E-state index contributed by atoms with van der Waals surface area (Å²) in [4.78, 5) is 0. The van der Waals surface area contributed by atoms with Gasteiger partial charge in [-0.2, -0.15) is 0 Å². The minimum Gasteiger partial charge on any atom is -0.398 e. The molecule has 0 heterocycles. The SMILES string of the molecule is CCCCCCCCCCCCc1c(Cl)cc(N)c(C)c1C. The summed E-state index contributed by atoms with van der Waals surface area (Å²) in [5, 5.41) is 0.844. The van der Waals surface area contributed by atoms with E-state index in [9.17, 15) is 0 Å². The van der Waals surface area contributed by atoms with Gasteiger partial charge in [0, 0.05) is 10.7 Å². The maximum atomic E-state index is 6.35. The van der Waals surface area contributed by atoms with Crippen LogP contribution in [-0.2, 0) is 6.42 Å². The van der Waals surface area contributed by atoms with Crippen molar-refractivity contribution in [1.29, 1.82) is 0 Å². The number of hydrogen-bond acceptors (Lipinski definition) is 1.